The molecule has 5 aliphatic rings. The normalized spacial score (nSPS) is 44.2. The summed E-state index contributed by atoms with van der Waals surface area (Å²) >= 11 is 0. The Hall–Kier alpha value is -2.11. The van der Waals surface area contributed by atoms with E-state index in [9.17, 15) is 9.59 Å². The van der Waals surface area contributed by atoms with E-state index in [1.165, 1.54) is 24.1 Å². The van der Waals surface area contributed by atoms with Crippen LogP contribution in [0.1, 0.15) is 112 Å². The number of carbonyl (C=O) groups is 2. The number of H-pyrrole nitrogens is 1. The van der Waals surface area contributed by atoms with Crippen LogP contribution >= 0.6 is 0 Å². The second-order valence-corrected chi connectivity index (χ2v) is 16.0. The van der Waals surface area contributed by atoms with Gasteiger partial charge in [0.1, 0.15) is 6.54 Å². The topological polar surface area (TPSA) is 84.1 Å². The first kappa shape index (κ1) is 29.0. The molecule has 1 amide bonds. The van der Waals surface area contributed by atoms with E-state index < -0.39 is 5.41 Å². The molecular formula is C35H53N3O3. The number of fused-ring (bicyclic) bond motifs is 8. The molecule has 0 spiro atoms. The van der Waals surface area contributed by atoms with Crippen LogP contribution in [0.15, 0.2) is 17.8 Å². The maximum Gasteiger partial charge on any atom is 0.325 e. The number of hydrogen-bond donors (Lipinski definition) is 2. The lowest BCUT2D eigenvalue weighted by Gasteiger charge is -2.71. The zero-order valence-electron chi connectivity index (χ0n) is 26.8. The molecule has 0 saturated heterocycles. The summed E-state index contributed by atoms with van der Waals surface area (Å²) in [5, 5.41) is 10.9. The second-order valence-electron chi connectivity index (χ2n) is 16.0. The molecule has 6 nitrogen and oxygen atoms in total. The molecule has 3 fully saturated rings. The highest BCUT2D eigenvalue weighted by Gasteiger charge is 2.69. The Kier molecular flexibility index (Phi) is 6.68. The Morgan fingerprint density at radius 3 is 2.54 bits per heavy atom. The summed E-state index contributed by atoms with van der Waals surface area (Å²) in [6, 6.07) is 0. The van der Waals surface area contributed by atoms with Crippen LogP contribution in [0.4, 0.5) is 0 Å². The van der Waals surface area contributed by atoms with Crippen molar-refractivity contribution >= 4 is 11.9 Å². The lowest BCUT2D eigenvalue weighted by molar-refractivity contribution is -0.170. The SMILES string of the molecule is CCOC(=O)CNC(=O)[C@]12CC[C@@H](C)[C@H](C)[C@H]1C1=CC[C@@H]3[C@@]4(C)Cc5cn[nH]c5C(C)(C)[C@@H]4CC[C@@]3(C)[C@]1(C)CC2. The maximum atomic E-state index is 14.1. The molecule has 5 aliphatic carbocycles. The number of aromatic amines is 1. The number of aromatic nitrogens is 2. The number of nitrogens with one attached hydrogen (secondary N) is 2. The molecule has 3 saturated carbocycles. The van der Waals surface area contributed by atoms with Gasteiger partial charge in [-0.1, -0.05) is 60.1 Å². The van der Waals surface area contributed by atoms with Crippen molar-refractivity contribution in [1.82, 2.24) is 15.5 Å². The summed E-state index contributed by atoms with van der Waals surface area (Å²) in [6.45, 7) is 19.5. The predicted molar refractivity (Wildman–Crippen MR) is 161 cm³/mol. The van der Waals surface area contributed by atoms with Crippen LogP contribution in [0, 0.1) is 51.2 Å². The summed E-state index contributed by atoms with van der Waals surface area (Å²) < 4.78 is 5.14. The van der Waals surface area contributed by atoms with Gasteiger partial charge in [-0.3, -0.25) is 14.7 Å². The molecule has 6 heteroatoms. The first-order valence-electron chi connectivity index (χ1n) is 16.4. The average Bonchev–Trinajstić information content (AvgIpc) is 3.39. The summed E-state index contributed by atoms with van der Waals surface area (Å²) in [5.41, 5.74) is 4.41. The Morgan fingerprint density at radius 1 is 1.05 bits per heavy atom. The fraction of sp³-hybridized carbons (Fsp3) is 0.800. The van der Waals surface area contributed by atoms with Crippen molar-refractivity contribution in [3.8, 4) is 0 Å². The molecule has 0 aliphatic heterocycles. The van der Waals surface area contributed by atoms with Gasteiger partial charge in [-0.25, -0.2) is 0 Å². The minimum atomic E-state index is -0.438. The molecule has 0 radical (unpaired) electrons. The monoisotopic (exact) mass is 563 g/mol. The molecule has 0 unspecified atom stereocenters. The number of esters is 1. The Labute approximate surface area is 247 Å². The molecule has 1 heterocycles. The van der Waals surface area contributed by atoms with Gasteiger partial charge in [0.25, 0.3) is 0 Å². The van der Waals surface area contributed by atoms with E-state index in [0.717, 1.165) is 38.5 Å². The number of hydrogen-bond acceptors (Lipinski definition) is 4. The molecule has 1 aromatic heterocycles. The highest BCUT2D eigenvalue weighted by Crippen LogP contribution is 2.75. The highest BCUT2D eigenvalue weighted by atomic mass is 16.5. The van der Waals surface area contributed by atoms with Gasteiger partial charge >= 0.3 is 5.97 Å². The fourth-order valence-corrected chi connectivity index (χ4v) is 11.8. The van der Waals surface area contributed by atoms with Gasteiger partial charge in [0.15, 0.2) is 0 Å². The van der Waals surface area contributed by atoms with Crippen molar-refractivity contribution in [3.05, 3.63) is 29.1 Å². The molecule has 41 heavy (non-hydrogen) atoms. The van der Waals surface area contributed by atoms with Crippen LogP contribution in [-0.2, 0) is 26.2 Å². The molecule has 9 atom stereocenters. The van der Waals surface area contributed by atoms with Crippen LogP contribution in [0.25, 0.3) is 0 Å². The second kappa shape index (κ2) is 9.44. The number of rotatable bonds is 4. The van der Waals surface area contributed by atoms with Crippen molar-refractivity contribution < 1.29 is 14.3 Å². The molecule has 0 bridgehead atoms. The smallest absolute Gasteiger partial charge is 0.325 e. The zero-order chi connectivity index (χ0) is 29.6. The summed E-state index contributed by atoms with van der Waals surface area (Å²) in [7, 11) is 0. The third-order valence-corrected chi connectivity index (χ3v) is 14.2. The molecule has 6 rings (SSSR count). The quantitative estimate of drug-likeness (QED) is 0.313. The standard InChI is InChI=1S/C35H53N3O3/c1-9-41-27(39)20-36-30(40)35-15-12-21(2)22(3)28(35)24-10-11-26-32(6)18-23-19-37-38-29(23)31(4,5)25(32)13-14-34(26,8)33(24,7)16-17-35/h10,19,21-22,25-26,28H,9,11-18,20H2,1-8H3,(H,36,40)(H,37,38)/t21-,22+,25+,26-,28+,32+,33-,34-,35+/m1/s1. The zero-order valence-corrected chi connectivity index (χ0v) is 26.8. The first-order valence-corrected chi connectivity index (χ1v) is 16.4. The molecular weight excluding hydrogens is 510 g/mol. The Bertz CT molecular complexity index is 1260. The van der Waals surface area contributed by atoms with Gasteiger partial charge in [-0.15, -0.1) is 0 Å². The van der Waals surface area contributed by atoms with Crippen LogP contribution in [-0.4, -0.2) is 35.2 Å². The van der Waals surface area contributed by atoms with Gasteiger partial charge in [0, 0.05) is 11.1 Å². The minimum absolute atomic E-state index is 0.0350. The van der Waals surface area contributed by atoms with Gasteiger partial charge in [-0.05, 0) is 110 Å². The van der Waals surface area contributed by atoms with Crippen molar-refractivity contribution in [2.24, 2.45) is 51.2 Å². The number of nitrogens with zero attached hydrogens (tertiary/aromatic N) is 1. The maximum absolute atomic E-state index is 14.1. The largest absolute Gasteiger partial charge is 0.465 e. The predicted octanol–water partition coefficient (Wildman–Crippen LogP) is 6.76. The van der Waals surface area contributed by atoms with E-state index in [2.05, 4.69) is 76.3 Å². The van der Waals surface area contributed by atoms with Crippen molar-refractivity contribution in [3.63, 3.8) is 0 Å². The lowest BCUT2D eigenvalue weighted by Crippen LogP contribution is -2.65. The first-order chi connectivity index (χ1) is 19.3. The Balaban J connectivity index is 1.39. The van der Waals surface area contributed by atoms with E-state index >= 15 is 0 Å². The van der Waals surface area contributed by atoms with E-state index in [1.807, 2.05) is 0 Å². The number of carbonyl (C=O) groups excluding carboxylic acids is 2. The summed E-state index contributed by atoms with van der Waals surface area (Å²) in [4.78, 5) is 26.3. The number of amides is 1. The third kappa shape index (κ3) is 3.76. The summed E-state index contributed by atoms with van der Waals surface area (Å²) in [6.07, 6.45) is 13.3. The van der Waals surface area contributed by atoms with Crippen LogP contribution < -0.4 is 5.32 Å². The average molecular weight is 564 g/mol. The highest BCUT2D eigenvalue weighted by molar-refractivity contribution is 5.87. The van der Waals surface area contributed by atoms with Gasteiger partial charge in [-0.2, -0.15) is 5.10 Å². The molecule has 226 valence electrons. The molecule has 1 aromatic rings. The number of ether oxygens (including phenoxy) is 1. The fourth-order valence-electron chi connectivity index (χ4n) is 11.8. The lowest BCUT2D eigenvalue weighted by atomic mass is 9.33. The van der Waals surface area contributed by atoms with Crippen molar-refractivity contribution in [2.45, 2.75) is 112 Å². The minimum Gasteiger partial charge on any atom is -0.465 e. The van der Waals surface area contributed by atoms with Gasteiger partial charge < -0.3 is 10.1 Å². The van der Waals surface area contributed by atoms with Crippen LogP contribution in [0.3, 0.4) is 0 Å². The molecule has 2 N–H and O–H groups in total. The molecule has 0 aromatic carbocycles. The van der Waals surface area contributed by atoms with Crippen LogP contribution in [0.5, 0.6) is 0 Å². The third-order valence-electron chi connectivity index (χ3n) is 14.2. The van der Waals surface area contributed by atoms with Crippen molar-refractivity contribution in [2.75, 3.05) is 13.2 Å². The van der Waals surface area contributed by atoms with Gasteiger partial charge in [0.05, 0.1) is 18.2 Å². The van der Waals surface area contributed by atoms with Gasteiger partial charge in [0.2, 0.25) is 5.91 Å². The van der Waals surface area contributed by atoms with E-state index in [0.29, 0.717) is 30.3 Å². The van der Waals surface area contributed by atoms with E-state index in [4.69, 9.17) is 4.74 Å². The van der Waals surface area contributed by atoms with E-state index in [-0.39, 0.29) is 46.0 Å². The van der Waals surface area contributed by atoms with E-state index in [1.54, 1.807) is 12.5 Å². The van der Waals surface area contributed by atoms with Crippen LogP contribution in [0.2, 0.25) is 0 Å². The Morgan fingerprint density at radius 2 is 1.80 bits per heavy atom. The summed E-state index contributed by atoms with van der Waals surface area (Å²) in [5.74, 6) is 2.15. The van der Waals surface area contributed by atoms with Crippen molar-refractivity contribution in [1.29, 1.82) is 0 Å². The number of allylic oxidation sites excluding steroid dienone is 2.